The van der Waals surface area contributed by atoms with Crippen LogP contribution in [0.15, 0.2) is 84.9 Å². The molecule has 37 heavy (non-hydrogen) atoms. The van der Waals surface area contributed by atoms with E-state index < -0.39 is 5.60 Å². The molecule has 0 aliphatic carbocycles. The summed E-state index contributed by atoms with van der Waals surface area (Å²) in [6.07, 6.45) is 4.33. The molecule has 0 bridgehead atoms. The lowest BCUT2D eigenvalue weighted by Crippen LogP contribution is -2.44. The number of carbonyl (C=O) groups is 1. The van der Waals surface area contributed by atoms with Gasteiger partial charge in [0.15, 0.2) is 5.78 Å². The Hall–Kier alpha value is -2.46. The first-order valence-electron chi connectivity index (χ1n) is 13.4. The van der Waals surface area contributed by atoms with E-state index in [1.54, 1.807) is 0 Å². The van der Waals surface area contributed by atoms with Crippen molar-refractivity contribution in [3.8, 4) is 0 Å². The lowest BCUT2D eigenvalue weighted by Gasteiger charge is -2.42. The fourth-order valence-corrected chi connectivity index (χ4v) is 5.63. The molecule has 4 heteroatoms. The summed E-state index contributed by atoms with van der Waals surface area (Å²) in [5.41, 5.74) is 3.30. The SMILES string of the molecule is CC(C)(C)Cc1ccc(C(=O)CCCN2CCC(C(O)(c3ccccc3)c3ccccc3)CC2)cc1.Cl. The fraction of sp³-hybridized carbons (Fsp3) is 0.424. The van der Waals surface area contributed by atoms with Gasteiger partial charge in [-0.3, -0.25) is 4.79 Å². The van der Waals surface area contributed by atoms with Crippen LogP contribution in [0, 0.1) is 11.3 Å². The van der Waals surface area contributed by atoms with Crippen LogP contribution in [0.5, 0.6) is 0 Å². The quantitative estimate of drug-likeness (QED) is 0.301. The number of carbonyl (C=O) groups excluding carboxylic acids is 1. The Morgan fingerprint density at radius 3 is 1.84 bits per heavy atom. The van der Waals surface area contributed by atoms with Crippen molar-refractivity contribution in [3.05, 3.63) is 107 Å². The standard InChI is InChI=1S/C33H41NO2.ClH/c1-32(2,3)25-26-16-18-27(19-17-26)31(35)15-10-22-34-23-20-30(21-24-34)33(36,28-11-6-4-7-12-28)29-13-8-5-9-14-29;/h4-9,11-14,16-19,30,36H,10,15,20-25H2,1-3H3;1H. The van der Waals surface area contributed by atoms with Crippen molar-refractivity contribution >= 4 is 18.2 Å². The van der Waals surface area contributed by atoms with Crippen LogP contribution in [0.1, 0.15) is 73.5 Å². The first kappa shape index (κ1) is 29.1. The van der Waals surface area contributed by atoms with Crippen LogP contribution < -0.4 is 0 Å². The highest BCUT2D eigenvalue weighted by Gasteiger charge is 2.41. The molecule has 3 aromatic rings. The van der Waals surface area contributed by atoms with Gasteiger partial charge in [-0.1, -0.05) is 106 Å². The summed E-state index contributed by atoms with van der Waals surface area (Å²) >= 11 is 0. The third-order valence-corrected chi connectivity index (χ3v) is 7.49. The normalized spacial score (nSPS) is 15.2. The van der Waals surface area contributed by atoms with E-state index in [4.69, 9.17) is 0 Å². The van der Waals surface area contributed by atoms with Gasteiger partial charge in [0.2, 0.25) is 0 Å². The van der Waals surface area contributed by atoms with Gasteiger partial charge in [-0.25, -0.2) is 0 Å². The first-order valence-corrected chi connectivity index (χ1v) is 13.4. The molecule has 0 radical (unpaired) electrons. The molecule has 198 valence electrons. The predicted molar refractivity (Wildman–Crippen MR) is 155 cm³/mol. The van der Waals surface area contributed by atoms with Gasteiger partial charge in [-0.05, 0) is 73.3 Å². The largest absolute Gasteiger partial charge is 0.380 e. The number of piperidine rings is 1. The van der Waals surface area contributed by atoms with Gasteiger partial charge in [0.25, 0.3) is 0 Å². The maximum absolute atomic E-state index is 12.7. The van der Waals surface area contributed by atoms with Crippen molar-refractivity contribution in [2.24, 2.45) is 11.3 Å². The number of halogens is 1. The Morgan fingerprint density at radius 2 is 1.35 bits per heavy atom. The first-order chi connectivity index (χ1) is 17.3. The minimum atomic E-state index is -0.982. The van der Waals surface area contributed by atoms with Crippen LogP contribution in [-0.4, -0.2) is 35.4 Å². The minimum absolute atomic E-state index is 0. The summed E-state index contributed by atoms with van der Waals surface area (Å²) < 4.78 is 0. The van der Waals surface area contributed by atoms with E-state index in [2.05, 4.69) is 37.8 Å². The van der Waals surface area contributed by atoms with Crippen LogP contribution in [0.3, 0.4) is 0 Å². The molecule has 3 aromatic carbocycles. The zero-order chi connectivity index (χ0) is 25.6. The van der Waals surface area contributed by atoms with E-state index in [0.717, 1.165) is 62.0 Å². The molecule has 3 nitrogen and oxygen atoms in total. The Morgan fingerprint density at radius 1 is 0.838 bits per heavy atom. The fourth-order valence-electron chi connectivity index (χ4n) is 5.63. The van der Waals surface area contributed by atoms with E-state index in [9.17, 15) is 9.90 Å². The minimum Gasteiger partial charge on any atom is -0.380 e. The van der Waals surface area contributed by atoms with Gasteiger partial charge < -0.3 is 10.0 Å². The summed E-state index contributed by atoms with van der Waals surface area (Å²) in [5, 5.41) is 12.1. The number of benzene rings is 3. The van der Waals surface area contributed by atoms with Gasteiger partial charge in [0, 0.05) is 12.0 Å². The third-order valence-electron chi connectivity index (χ3n) is 7.49. The van der Waals surface area contributed by atoms with Crippen molar-refractivity contribution < 1.29 is 9.90 Å². The molecule has 1 saturated heterocycles. The molecule has 0 saturated carbocycles. The summed E-state index contributed by atoms with van der Waals surface area (Å²) in [4.78, 5) is 15.2. The number of hydrogen-bond acceptors (Lipinski definition) is 3. The van der Waals surface area contributed by atoms with Gasteiger partial charge in [-0.15, -0.1) is 12.4 Å². The second-order valence-corrected chi connectivity index (χ2v) is 11.6. The molecule has 0 spiro atoms. The average Bonchev–Trinajstić information content (AvgIpc) is 2.89. The van der Waals surface area contributed by atoms with Crippen LogP contribution >= 0.6 is 12.4 Å². The molecule has 0 amide bonds. The van der Waals surface area contributed by atoms with Crippen molar-refractivity contribution in [2.75, 3.05) is 19.6 Å². The molecule has 0 aromatic heterocycles. The number of rotatable bonds is 9. The summed E-state index contributed by atoms with van der Waals surface area (Å²) in [6, 6.07) is 28.4. The van der Waals surface area contributed by atoms with E-state index in [1.165, 1.54) is 5.56 Å². The van der Waals surface area contributed by atoms with Crippen molar-refractivity contribution in [1.29, 1.82) is 0 Å². The molecular formula is C33H42ClNO2. The number of aliphatic hydroxyl groups is 1. The molecule has 0 unspecified atom stereocenters. The second-order valence-electron chi connectivity index (χ2n) is 11.6. The highest BCUT2D eigenvalue weighted by molar-refractivity contribution is 5.96. The van der Waals surface area contributed by atoms with Gasteiger partial charge in [-0.2, -0.15) is 0 Å². The predicted octanol–water partition coefficient (Wildman–Crippen LogP) is 7.31. The van der Waals surface area contributed by atoms with Crippen molar-refractivity contribution in [1.82, 2.24) is 4.90 Å². The molecule has 1 aliphatic heterocycles. The number of hydrogen-bond donors (Lipinski definition) is 1. The van der Waals surface area contributed by atoms with E-state index in [-0.39, 0.29) is 29.5 Å². The molecular weight excluding hydrogens is 478 g/mol. The van der Waals surface area contributed by atoms with Crippen LogP contribution in [0.25, 0.3) is 0 Å². The van der Waals surface area contributed by atoms with Crippen LogP contribution in [0.2, 0.25) is 0 Å². The second kappa shape index (κ2) is 12.9. The average molecular weight is 520 g/mol. The number of Topliss-reactive ketones (excluding diaryl/α,β-unsaturated/α-hetero) is 1. The zero-order valence-corrected chi connectivity index (χ0v) is 23.3. The summed E-state index contributed by atoms with van der Waals surface area (Å²) in [7, 11) is 0. The Kier molecular flexibility index (Phi) is 10.1. The van der Waals surface area contributed by atoms with Gasteiger partial charge >= 0.3 is 0 Å². The topological polar surface area (TPSA) is 40.5 Å². The van der Waals surface area contributed by atoms with Gasteiger partial charge in [0.05, 0.1) is 0 Å². The summed E-state index contributed by atoms with van der Waals surface area (Å²) in [5.74, 6) is 0.390. The Balaban J connectivity index is 0.00000380. The molecule has 1 fully saturated rings. The van der Waals surface area contributed by atoms with Crippen molar-refractivity contribution in [2.45, 2.75) is 58.5 Å². The smallest absolute Gasteiger partial charge is 0.162 e. The molecule has 4 rings (SSSR count). The lowest BCUT2D eigenvalue weighted by molar-refractivity contribution is -0.0142. The van der Waals surface area contributed by atoms with E-state index in [0.29, 0.717) is 6.42 Å². The molecule has 0 atom stereocenters. The van der Waals surface area contributed by atoms with E-state index in [1.807, 2.05) is 72.8 Å². The Labute approximate surface area is 229 Å². The number of likely N-dealkylation sites (tertiary alicyclic amines) is 1. The van der Waals surface area contributed by atoms with Crippen LogP contribution in [-0.2, 0) is 12.0 Å². The van der Waals surface area contributed by atoms with E-state index >= 15 is 0 Å². The Bertz CT molecular complexity index is 1060. The number of nitrogens with zero attached hydrogens (tertiary/aromatic N) is 1. The monoisotopic (exact) mass is 519 g/mol. The number of ketones is 1. The maximum Gasteiger partial charge on any atom is 0.162 e. The van der Waals surface area contributed by atoms with Crippen LogP contribution in [0.4, 0.5) is 0 Å². The lowest BCUT2D eigenvalue weighted by atomic mass is 9.72. The highest BCUT2D eigenvalue weighted by atomic mass is 35.5. The third kappa shape index (κ3) is 7.54. The zero-order valence-electron chi connectivity index (χ0n) is 22.5. The maximum atomic E-state index is 12.7. The van der Waals surface area contributed by atoms with Gasteiger partial charge in [0.1, 0.15) is 5.60 Å². The van der Waals surface area contributed by atoms with Crippen molar-refractivity contribution in [3.63, 3.8) is 0 Å². The highest BCUT2D eigenvalue weighted by Crippen LogP contribution is 2.41. The molecule has 1 N–H and O–H groups in total. The molecule has 1 aliphatic rings. The molecule has 1 heterocycles. The summed E-state index contributed by atoms with van der Waals surface area (Å²) in [6.45, 7) is 9.52.